The van der Waals surface area contributed by atoms with Crippen LogP contribution in [0.1, 0.15) is 24.2 Å². The second-order valence-corrected chi connectivity index (χ2v) is 5.34. The van der Waals surface area contributed by atoms with Gasteiger partial charge in [0, 0.05) is 0 Å². The number of hydrogen-bond acceptors (Lipinski definition) is 3. The van der Waals surface area contributed by atoms with Crippen LogP contribution >= 0.6 is 0 Å². The first kappa shape index (κ1) is 17.0. The van der Waals surface area contributed by atoms with E-state index in [9.17, 15) is 14.3 Å². The van der Waals surface area contributed by atoms with Crippen LogP contribution in [0.3, 0.4) is 0 Å². The van der Waals surface area contributed by atoms with Gasteiger partial charge in [-0.2, -0.15) is 0 Å². The van der Waals surface area contributed by atoms with E-state index in [-0.39, 0.29) is 12.3 Å². The molecule has 5 heteroatoms. The zero-order valence-corrected chi connectivity index (χ0v) is 13.1. The van der Waals surface area contributed by atoms with Crippen molar-refractivity contribution < 1.29 is 19.0 Å². The Labute approximate surface area is 134 Å². The quantitative estimate of drug-likeness (QED) is 0.861. The normalized spacial score (nSPS) is 13.2. The Morgan fingerprint density at radius 1 is 1.22 bits per heavy atom. The summed E-state index contributed by atoms with van der Waals surface area (Å²) in [5, 5.41) is 13.0. The maximum absolute atomic E-state index is 13.5. The fourth-order valence-electron chi connectivity index (χ4n) is 2.29. The minimum Gasteiger partial charge on any atom is -0.497 e. The van der Waals surface area contributed by atoms with E-state index in [2.05, 4.69) is 5.32 Å². The molecule has 2 unspecified atom stereocenters. The Morgan fingerprint density at radius 3 is 2.48 bits per heavy atom. The molecule has 0 aliphatic carbocycles. The lowest BCUT2D eigenvalue weighted by molar-refractivity contribution is -0.121. The van der Waals surface area contributed by atoms with Gasteiger partial charge in [-0.15, -0.1) is 0 Å². The van der Waals surface area contributed by atoms with E-state index in [0.717, 1.165) is 0 Å². The molecule has 23 heavy (non-hydrogen) atoms. The van der Waals surface area contributed by atoms with Gasteiger partial charge in [0.25, 0.3) is 0 Å². The van der Waals surface area contributed by atoms with Crippen molar-refractivity contribution in [2.75, 3.05) is 7.11 Å². The first-order valence-corrected chi connectivity index (χ1v) is 7.36. The largest absolute Gasteiger partial charge is 0.497 e. The second-order valence-electron chi connectivity index (χ2n) is 5.34. The standard InChI is InChI=1S/C18H20FNO3/c1-12(18(22)13-7-9-15(23-2)10-8-13)20-17(21)11-14-5-3-4-6-16(14)19/h3-10,12,18,22H,11H2,1-2H3,(H,20,21). The molecule has 0 aliphatic heterocycles. The number of amides is 1. The van der Waals surface area contributed by atoms with E-state index < -0.39 is 18.0 Å². The number of rotatable bonds is 6. The van der Waals surface area contributed by atoms with Gasteiger partial charge in [-0.1, -0.05) is 30.3 Å². The van der Waals surface area contributed by atoms with Crippen LogP contribution in [0.15, 0.2) is 48.5 Å². The lowest BCUT2D eigenvalue weighted by atomic mass is 10.0. The summed E-state index contributed by atoms with van der Waals surface area (Å²) in [6.45, 7) is 1.70. The van der Waals surface area contributed by atoms with Crippen LogP contribution in [-0.2, 0) is 11.2 Å². The lowest BCUT2D eigenvalue weighted by Gasteiger charge is -2.21. The highest BCUT2D eigenvalue weighted by Gasteiger charge is 2.19. The molecule has 0 bridgehead atoms. The summed E-state index contributed by atoms with van der Waals surface area (Å²) in [5.74, 6) is -0.0571. The minimum atomic E-state index is -0.856. The van der Waals surface area contributed by atoms with Crippen molar-refractivity contribution in [1.82, 2.24) is 5.32 Å². The summed E-state index contributed by atoms with van der Waals surface area (Å²) < 4.78 is 18.6. The van der Waals surface area contributed by atoms with Gasteiger partial charge in [0.1, 0.15) is 11.6 Å². The predicted octanol–water partition coefficient (Wildman–Crippen LogP) is 2.62. The lowest BCUT2D eigenvalue weighted by Crippen LogP contribution is -2.38. The molecule has 0 radical (unpaired) electrons. The van der Waals surface area contributed by atoms with Gasteiger partial charge in [-0.3, -0.25) is 4.79 Å². The number of benzene rings is 2. The molecule has 0 saturated carbocycles. The molecule has 4 nitrogen and oxygen atoms in total. The zero-order chi connectivity index (χ0) is 16.8. The summed E-state index contributed by atoms with van der Waals surface area (Å²) in [5.41, 5.74) is 1.00. The zero-order valence-electron chi connectivity index (χ0n) is 13.1. The molecule has 1 amide bonds. The third-order valence-corrected chi connectivity index (χ3v) is 3.63. The Balaban J connectivity index is 1.95. The topological polar surface area (TPSA) is 58.6 Å². The van der Waals surface area contributed by atoms with Gasteiger partial charge in [0.05, 0.1) is 25.7 Å². The van der Waals surface area contributed by atoms with Gasteiger partial charge < -0.3 is 15.2 Å². The Bertz CT molecular complexity index is 658. The van der Waals surface area contributed by atoms with Crippen molar-refractivity contribution in [3.63, 3.8) is 0 Å². The number of methoxy groups -OCH3 is 1. The van der Waals surface area contributed by atoms with E-state index in [0.29, 0.717) is 16.9 Å². The van der Waals surface area contributed by atoms with E-state index in [1.165, 1.54) is 6.07 Å². The molecule has 122 valence electrons. The van der Waals surface area contributed by atoms with Gasteiger partial charge in [0.2, 0.25) is 5.91 Å². The molecule has 2 aromatic rings. The number of aliphatic hydroxyl groups excluding tert-OH is 1. The molecule has 2 rings (SSSR count). The highest BCUT2D eigenvalue weighted by atomic mass is 19.1. The SMILES string of the molecule is COc1ccc(C(O)C(C)NC(=O)Cc2ccccc2F)cc1. The minimum absolute atomic E-state index is 0.0631. The maximum atomic E-state index is 13.5. The van der Waals surface area contributed by atoms with E-state index in [1.807, 2.05) is 0 Å². The summed E-state index contributed by atoms with van der Waals surface area (Å²) >= 11 is 0. The molecule has 2 N–H and O–H groups in total. The highest BCUT2D eigenvalue weighted by Crippen LogP contribution is 2.20. The number of carbonyl (C=O) groups excluding carboxylic acids is 1. The number of hydrogen-bond donors (Lipinski definition) is 2. The monoisotopic (exact) mass is 317 g/mol. The Morgan fingerprint density at radius 2 is 1.87 bits per heavy atom. The first-order chi connectivity index (χ1) is 11.0. The average molecular weight is 317 g/mol. The molecular formula is C18H20FNO3. The molecule has 2 atom stereocenters. The van der Waals surface area contributed by atoms with E-state index in [4.69, 9.17) is 4.74 Å². The van der Waals surface area contributed by atoms with Crippen molar-refractivity contribution in [3.05, 3.63) is 65.5 Å². The number of nitrogens with one attached hydrogen (secondary N) is 1. The summed E-state index contributed by atoms with van der Waals surface area (Å²) in [6, 6.07) is 12.6. The molecule has 0 spiro atoms. The Kier molecular flexibility index (Phi) is 5.71. The van der Waals surface area contributed by atoms with Gasteiger partial charge in [0.15, 0.2) is 0 Å². The smallest absolute Gasteiger partial charge is 0.224 e. The first-order valence-electron chi connectivity index (χ1n) is 7.36. The fraction of sp³-hybridized carbons (Fsp3) is 0.278. The molecule has 0 fully saturated rings. The molecule has 0 heterocycles. The van der Waals surface area contributed by atoms with Crippen LogP contribution in [0.2, 0.25) is 0 Å². The Hall–Kier alpha value is -2.40. The van der Waals surface area contributed by atoms with Crippen LogP contribution in [0.4, 0.5) is 4.39 Å². The van der Waals surface area contributed by atoms with Crippen molar-refractivity contribution in [1.29, 1.82) is 0 Å². The van der Waals surface area contributed by atoms with Crippen LogP contribution in [0.5, 0.6) is 5.75 Å². The number of carbonyl (C=O) groups is 1. The summed E-state index contributed by atoms with van der Waals surface area (Å²) in [7, 11) is 1.57. The van der Waals surface area contributed by atoms with Crippen molar-refractivity contribution in [3.8, 4) is 5.75 Å². The van der Waals surface area contributed by atoms with Crippen LogP contribution in [-0.4, -0.2) is 24.2 Å². The molecular weight excluding hydrogens is 297 g/mol. The number of halogens is 1. The van der Waals surface area contributed by atoms with Crippen LogP contribution in [0, 0.1) is 5.82 Å². The molecule has 0 aliphatic rings. The maximum Gasteiger partial charge on any atom is 0.224 e. The molecule has 0 saturated heterocycles. The summed E-state index contributed by atoms with van der Waals surface area (Å²) in [6.07, 6.45) is -0.919. The van der Waals surface area contributed by atoms with E-state index >= 15 is 0 Å². The average Bonchev–Trinajstić information content (AvgIpc) is 2.56. The molecule has 2 aromatic carbocycles. The van der Waals surface area contributed by atoms with Crippen LogP contribution in [0.25, 0.3) is 0 Å². The fourth-order valence-corrected chi connectivity index (χ4v) is 2.29. The third-order valence-electron chi connectivity index (χ3n) is 3.63. The second kappa shape index (κ2) is 7.74. The summed E-state index contributed by atoms with van der Waals surface area (Å²) in [4.78, 5) is 12.0. The molecule has 0 aromatic heterocycles. The van der Waals surface area contributed by atoms with Gasteiger partial charge >= 0.3 is 0 Å². The third kappa shape index (κ3) is 4.53. The van der Waals surface area contributed by atoms with E-state index in [1.54, 1.807) is 56.5 Å². The van der Waals surface area contributed by atoms with Crippen molar-refractivity contribution >= 4 is 5.91 Å². The number of ether oxygens (including phenoxy) is 1. The van der Waals surface area contributed by atoms with Crippen molar-refractivity contribution in [2.45, 2.75) is 25.5 Å². The van der Waals surface area contributed by atoms with Crippen LogP contribution < -0.4 is 10.1 Å². The predicted molar refractivity (Wildman–Crippen MR) is 85.7 cm³/mol. The van der Waals surface area contributed by atoms with Crippen molar-refractivity contribution in [2.24, 2.45) is 0 Å². The number of aliphatic hydroxyl groups is 1. The highest BCUT2D eigenvalue weighted by molar-refractivity contribution is 5.79. The van der Waals surface area contributed by atoms with Gasteiger partial charge in [-0.25, -0.2) is 4.39 Å². The van der Waals surface area contributed by atoms with Gasteiger partial charge in [-0.05, 0) is 36.2 Å².